The van der Waals surface area contributed by atoms with Crippen molar-refractivity contribution in [1.29, 1.82) is 0 Å². The van der Waals surface area contributed by atoms with Crippen LogP contribution in [0.2, 0.25) is 0 Å². The number of nitrogens with zero attached hydrogens (tertiary/aromatic N) is 1. The van der Waals surface area contributed by atoms with Crippen molar-refractivity contribution in [3.63, 3.8) is 0 Å². The molecule has 0 N–H and O–H groups in total. The molecule has 0 unspecified atom stereocenters. The van der Waals surface area contributed by atoms with Gasteiger partial charge in [-0.3, -0.25) is 9.69 Å². The van der Waals surface area contributed by atoms with Crippen LogP contribution in [0.25, 0.3) is 0 Å². The largest absolute Gasteiger partial charge is 0.468 e. The van der Waals surface area contributed by atoms with Crippen LogP contribution in [0, 0.1) is 0 Å². The Labute approximate surface area is 97.9 Å². The average Bonchev–Trinajstić information content (AvgIpc) is 2.34. The summed E-state index contributed by atoms with van der Waals surface area (Å²) in [5, 5.41) is 0. The highest BCUT2D eigenvalue weighted by atomic mass is 16.5. The summed E-state index contributed by atoms with van der Waals surface area (Å²) in [5.74, 6) is -0.102. The second kappa shape index (κ2) is 7.63. The summed E-state index contributed by atoms with van der Waals surface area (Å²) < 4.78 is 10.3. The van der Waals surface area contributed by atoms with E-state index < -0.39 is 0 Å². The van der Waals surface area contributed by atoms with E-state index in [0.717, 1.165) is 39.0 Å². The van der Waals surface area contributed by atoms with Gasteiger partial charge in [0.1, 0.15) is 6.04 Å². The fraction of sp³-hybridized carbons (Fsp3) is 0.917. The third kappa shape index (κ3) is 4.10. The van der Waals surface area contributed by atoms with Crippen LogP contribution in [0.3, 0.4) is 0 Å². The van der Waals surface area contributed by atoms with Crippen molar-refractivity contribution in [1.82, 2.24) is 4.90 Å². The standard InChI is InChI=1S/C12H23NO3/c1-3-9-16-10-8-13-7-5-4-6-11(13)12(14)15-2/h11H,3-10H2,1-2H3/t11-/m1/s1. The van der Waals surface area contributed by atoms with Gasteiger partial charge in [0, 0.05) is 13.2 Å². The van der Waals surface area contributed by atoms with Crippen LogP contribution in [0.1, 0.15) is 32.6 Å². The fourth-order valence-electron chi connectivity index (χ4n) is 2.09. The minimum Gasteiger partial charge on any atom is -0.468 e. The van der Waals surface area contributed by atoms with Gasteiger partial charge in [-0.05, 0) is 25.8 Å². The van der Waals surface area contributed by atoms with Crippen LogP contribution < -0.4 is 0 Å². The quantitative estimate of drug-likeness (QED) is 0.510. The van der Waals surface area contributed by atoms with E-state index in [4.69, 9.17) is 9.47 Å². The van der Waals surface area contributed by atoms with Gasteiger partial charge < -0.3 is 9.47 Å². The fourth-order valence-corrected chi connectivity index (χ4v) is 2.09. The lowest BCUT2D eigenvalue weighted by atomic mass is 10.0. The van der Waals surface area contributed by atoms with Gasteiger partial charge in [-0.2, -0.15) is 0 Å². The Morgan fingerprint density at radius 1 is 1.38 bits per heavy atom. The summed E-state index contributed by atoms with van der Waals surface area (Å²) in [4.78, 5) is 13.7. The molecule has 1 fully saturated rings. The van der Waals surface area contributed by atoms with E-state index >= 15 is 0 Å². The zero-order valence-electron chi connectivity index (χ0n) is 10.4. The molecule has 0 aliphatic carbocycles. The number of ether oxygens (including phenoxy) is 2. The first-order chi connectivity index (χ1) is 7.79. The van der Waals surface area contributed by atoms with Crippen molar-refractivity contribution < 1.29 is 14.3 Å². The third-order valence-electron chi connectivity index (χ3n) is 2.96. The molecule has 16 heavy (non-hydrogen) atoms. The number of hydrogen-bond acceptors (Lipinski definition) is 4. The zero-order chi connectivity index (χ0) is 11.8. The van der Waals surface area contributed by atoms with Crippen LogP contribution in [-0.4, -0.2) is 50.3 Å². The topological polar surface area (TPSA) is 38.8 Å². The molecule has 0 saturated carbocycles. The van der Waals surface area contributed by atoms with Gasteiger partial charge in [0.25, 0.3) is 0 Å². The molecule has 1 aliphatic heterocycles. The summed E-state index contributed by atoms with van der Waals surface area (Å²) in [7, 11) is 1.46. The SMILES string of the molecule is CCCOCCN1CCCC[C@@H]1C(=O)OC. The molecular formula is C12H23NO3. The maximum absolute atomic E-state index is 11.6. The van der Waals surface area contributed by atoms with E-state index in [0.29, 0.717) is 6.61 Å². The zero-order valence-corrected chi connectivity index (χ0v) is 10.4. The maximum Gasteiger partial charge on any atom is 0.323 e. The van der Waals surface area contributed by atoms with Crippen molar-refractivity contribution in [2.45, 2.75) is 38.6 Å². The van der Waals surface area contributed by atoms with Gasteiger partial charge in [0.15, 0.2) is 0 Å². The van der Waals surface area contributed by atoms with Gasteiger partial charge in [0.2, 0.25) is 0 Å². The van der Waals surface area contributed by atoms with Crippen LogP contribution >= 0.6 is 0 Å². The van der Waals surface area contributed by atoms with E-state index in [2.05, 4.69) is 11.8 Å². The van der Waals surface area contributed by atoms with Crippen LogP contribution in [0.15, 0.2) is 0 Å². The van der Waals surface area contributed by atoms with E-state index in [1.54, 1.807) is 0 Å². The van der Waals surface area contributed by atoms with Crippen LogP contribution in [-0.2, 0) is 14.3 Å². The monoisotopic (exact) mass is 229 g/mol. The molecule has 1 saturated heterocycles. The number of likely N-dealkylation sites (tertiary alicyclic amines) is 1. The number of methoxy groups -OCH3 is 1. The number of carbonyl (C=O) groups is 1. The highest BCUT2D eigenvalue weighted by Gasteiger charge is 2.28. The maximum atomic E-state index is 11.6. The van der Waals surface area contributed by atoms with E-state index in [1.807, 2.05) is 0 Å². The Balaban J connectivity index is 2.32. The summed E-state index contributed by atoms with van der Waals surface area (Å²) in [6.45, 7) is 5.42. The van der Waals surface area contributed by atoms with Gasteiger partial charge >= 0.3 is 5.97 Å². The number of hydrogen-bond donors (Lipinski definition) is 0. The molecule has 4 nitrogen and oxygen atoms in total. The molecular weight excluding hydrogens is 206 g/mol. The Morgan fingerprint density at radius 3 is 2.88 bits per heavy atom. The summed E-state index contributed by atoms with van der Waals surface area (Å²) in [6.07, 6.45) is 4.24. The summed E-state index contributed by atoms with van der Waals surface area (Å²) >= 11 is 0. The molecule has 1 rings (SSSR count). The van der Waals surface area contributed by atoms with Crippen molar-refractivity contribution in [3.05, 3.63) is 0 Å². The molecule has 0 aromatic heterocycles. The molecule has 0 radical (unpaired) electrons. The minimum atomic E-state index is -0.102. The molecule has 0 bridgehead atoms. The van der Waals surface area contributed by atoms with Crippen LogP contribution in [0.5, 0.6) is 0 Å². The Kier molecular flexibility index (Phi) is 6.42. The molecule has 1 heterocycles. The lowest BCUT2D eigenvalue weighted by Crippen LogP contribution is -2.46. The van der Waals surface area contributed by atoms with Gasteiger partial charge in [0.05, 0.1) is 13.7 Å². The van der Waals surface area contributed by atoms with Gasteiger partial charge in [-0.15, -0.1) is 0 Å². The van der Waals surface area contributed by atoms with Gasteiger partial charge in [-0.1, -0.05) is 13.3 Å². The highest BCUT2D eigenvalue weighted by molar-refractivity contribution is 5.75. The summed E-state index contributed by atoms with van der Waals surface area (Å²) in [6, 6.07) is -0.0519. The number of esters is 1. The van der Waals surface area contributed by atoms with Crippen molar-refractivity contribution in [3.8, 4) is 0 Å². The predicted molar refractivity (Wildman–Crippen MR) is 62.3 cm³/mol. The van der Waals surface area contributed by atoms with Crippen molar-refractivity contribution in [2.24, 2.45) is 0 Å². The van der Waals surface area contributed by atoms with Crippen LogP contribution in [0.4, 0.5) is 0 Å². The summed E-state index contributed by atoms with van der Waals surface area (Å²) in [5.41, 5.74) is 0. The molecule has 4 heteroatoms. The first kappa shape index (κ1) is 13.5. The molecule has 0 amide bonds. The minimum absolute atomic E-state index is 0.0519. The number of carbonyl (C=O) groups excluding carboxylic acids is 1. The molecule has 1 atom stereocenters. The molecule has 0 spiro atoms. The second-order valence-electron chi connectivity index (χ2n) is 4.18. The second-order valence-corrected chi connectivity index (χ2v) is 4.18. The molecule has 0 aromatic carbocycles. The molecule has 94 valence electrons. The van der Waals surface area contributed by atoms with Crippen molar-refractivity contribution in [2.75, 3.05) is 33.4 Å². The Hall–Kier alpha value is -0.610. The first-order valence-electron chi connectivity index (χ1n) is 6.19. The van der Waals surface area contributed by atoms with E-state index in [-0.39, 0.29) is 12.0 Å². The van der Waals surface area contributed by atoms with Gasteiger partial charge in [-0.25, -0.2) is 0 Å². The first-order valence-corrected chi connectivity index (χ1v) is 6.19. The van der Waals surface area contributed by atoms with E-state index in [9.17, 15) is 4.79 Å². The average molecular weight is 229 g/mol. The highest BCUT2D eigenvalue weighted by Crippen LogP contribution is 2.17. The normalized spacial score (nSPS) is 22.0. The predicted octanol–water partition coefficient (Wildman–Crippen LogP) is 1.44. The molecule has 0 aromatic rings. The number of piperidine rings is 1. The number of rotatable bonds is 6. The Morgan fingerprint density at radius 2 is 2.19 bits per heavy atom. The van der Waals surface area contributed by atoms with E-state index in [1.165, 1.54) is 13.5 Å². The smallest absolute Gasteiger partial charge is 0.323 e. The third-order valence-corrected chi connectivity index (χ3v) is 2.96. The Bertz CT molecular complexity index is 208. The molecule has 1 aliphatic rings. The lowest BCUT2D eigenvalue weighted by Gasteiger charge is -2.33. The lowest BCUT2D eigenvalue weighted by molar-refractivity contribution is -0.148. The van der Waals surface area contributed by atoms with Crippen molar-refractivity contribution >= 4 is 5.97 Å².